The summed E-state index contributed by atoms with van der Waals surface area (Å²) in [7, 11) is 0. The molecule has 14 heavy (non-hydrogen) atoms. The molecule has 0 aliphatic rings. The first-order valence-electron chi connectivity index (χ1n) is 4.21. The first-order valence-corrected chi connectivity index (χ1v) is 4.21. The third-order valence-corrected chi connectivity index (χ3v) is 1.79. The Labute approximate surface area is 81.0 Å². The monoisotopic (exact) mass is 187 g/mol. The standard InChI is InChI=1S/C10H9N3O/c14-10(8-6-11-12-7-8)13-9-4-2-1-3-5-9/h1-7H,(H,11,12)(H,13,14). The van der Waals surface area contributed by atoms with Crippen LogP contribution in [0.2, 0.25) is 0 Å². The van der Waals surface area contributed by atoms with Gasteiger partial charge in [-0.2, -0.15) is 5.10 Å². The van der Waals surface area contributed by atoms with Gasteiger partial charge >= 0.3 is 0 Å². The van der Waals surface area contributed by atoms with Crippen LogP contribution in [0.5, 0.6) is 0 Å². The number of H-pyrrole nitrogens is 1. The molecule has 0 radical (unpaired) electrons. The lowest BCUT2D eigenvalue weighted by Gasteiger charge is -2.01. The van der Waals surface area contributed by atoms with Crippen molar-refractivity contribution in [3.63, 3.8) is 0 Å². The van der Waals surface area contributed by atoms with Crippen LogP contribution in [0.15, 0.2) is 42.7 Å². The predicted molar refractivity (Wildman–Crippen MR) is 53.0 cm³/mol. The molecule has 0 atom stereocenters. The minimum absolute atomic E-state index is 0.162. The number of hydrogen-bond acceptors (Lipinski definition) is 2. The minimum atomic E-state index is -0.162. The van der Waals surface area contributed by atoms with Gasteiger partial charge in [-0.05, 0) is 12.1 Å². The number of rotatable bonds is 2. The van der Waals surface area contributed by atoms with E-state index in [1.165, 1.54) is 6.20 Å². The van der Waals surface area contributed by atoms with Gasteiger partial charge in [0.25, 0.3) is 5.91 Å². The summed E-state index contributed by atoms with van der Waals surface area (Å²) in [4.78, 5) is 11.5. The highest BCUT2D eigenvalue weighted by atomic mass is 16.1. The summed E-state index contributed by atoms with van der Waals surface area (Å²) in [6.07, 6.45) is 3.04. The van der Waals surface area contributed by atoms with Gasteiger partial charge in [-0.3, -0.25) is 9.89 Å². The van der Waals surface area contributed by atoms with Gasteiger partial charge in [-0.15, -0.1) is 0 Å². The second kappa shape index (κ2) is 3.74. The van der Waals surface area contributed by atoms with Crippen molar-refractivity contribution in [2.75, 3.05) is 5.32 Å². The molecule has 70 valence electrons. The molecule has 1 amide bonds. The number of hydrogen-bond donors (Lipinski definition) is 2. The zero-order chi connectivity index (χ0) is 9.80. The average molecular weight is 187 g/mol. The second-order valence-electron chi connectivity index (χ2n) is 2.81. The molecule has 1 aromatic carbocycles. The Bertz CT molecular complexity index is 408. The first-order chi connectivity index (χ1) is 6.86. The van der Waals surface area contributed by atoms with Crippen LogP contribution < -0.4 is 5.32 Å². The van der Waals surface area contributed by atoms with Gasteiger partial charge in [0.1, 0.15) is 0 Å². The summed E-state index contributed by atoms with van der Waals surface area (Å²) >= 11 is 0. The molecule has 2 rings (SSSR count). The van der Waals surface area contributed by atoms with E-state index in [2.05, 4.69) is 15.5 Å². The maximum absolute atomic E-state index is 11.5. The van der Waals surface area contributed by atoms with Crippen LogP contribution in [0.4, 0.5) is 5.69 Å². The SMILES string of the molecule is O=C(Nc1ccccc1)c1cn[nH]c1. The van der Waals surface area contributed by atoms with Crippen LogP contribution in [0.1, 0.15) is 10.4 Å². The fraction of sp³-hybridized carbons (Fsp3) is 0. The van der Waals surface area contributed by atoms with Gasteiger partial charge in [-0.25, -0.2) is 0 Å². The third-order valence-electron chi connectivity index (χ3n) is 1.79. The van der Waals surface area contributed by atoms with E-state index in [-0.39, 0.29) is 5.91 Å². The predicted octanol–water partition coefficient (Wildman–Crippen LogP) is 1.66. The van der Waals surface area contributed by atoms with Gasteiger partial charge in [0.2, 0.25) is 0 Å². The zero-order valence-electron chi connectivity index (χ0n) is 7.40. The van der Waals surface area contributed by atoms with E-state index < -0.39 is 0 Å². The Kier molecular flexibility index (Phi) is 2.27. The van der Waals surface area contributed by atoms with Gasteiger partial charge < -0.3 is 5.32 Å². The van der Waals surface area contributed by atoms with Gasteiger partial charge in [0.05, 0.1) is 11.8 Å². The Hall–Kier alpha value is -2.10. The van der Waals surface area contributed by atoms with Gasteiger partial charge in [0, 0.05) is 11.9 Å². The zero-order valence-corrected chi connectivity index (χ0v) is 7.40. The molecule has 0 spiro atoms. The number of anilines is 1. The molecule has 0 unspecified atom stereocenters. The van der Waals surface area contributed by atoms with Gasteiger partial charge in [0.15, 0.2) is 0 Å². The Morgan fingerprint density at radius 1 is 1.29 bits per heavy atom. The van der Waals surface area contributed by atoms with E-state index in [0.29, 0.717) is 5.56 Å². The molecule has 4 nitrogen and oxygen atoms in total. The molecule has 2 aromatic rings. The number of carbonyl (C=O) groups is 1. The third kappa shape index (κ3) is 1.80. The minimum Gasteiger partial charge on any atom is -0.322 e. The number of aromatic amines is 1. The van der Waals surface area contributed by atoms with Crippen molar-refractivity contribution in [3.8, 4) is 0 Å². The highest BCUT2D eigenvalue weighted by molar-refractivity contribution is 6.03. The summed E-state index contributed by atoms with van der Waals surface area (Å²) in [5.74, 6) is -0.162. The van der Waals surface area contributed by atoms with E-state index >= 15 is 0 Å². The summed E-state index contributed by atoms with van der Waals surface area (Å²) in [5.41, 5.74) is 1.30. The van der Waals surface area contributed by atoms with Crippen molar-refractivity contribution < 1.29 is 4.79 Å². The number of nitrogens with zero attached hydrogens (tertiary/aromatic N) is 1. The van der Waals surface area contributed by atoms with Crippen molar-refractivity contribution in [1.29, 1.82) is 0 Å². The average Bonchev–Trinajstić information content (AvgIpc) is 2.72. The normalized spacial score (nSPS) is 9.71. The van der Waals surface area contributed by atoms with Crippen molar-refractivity contribution >= 4 is 11.6 Å². The molecule has 0 saturated carbocycles. The van der Waals surface area contributed by atoms with E-state index in [9.17, 15) is 4.79 Å². The molecule has 1 heterocycles. The lowest BCUT2D eigenvalue weighted by atomic mass is 10.3. The number of amides is 1. The Balaban J connectivity index is 2.10. The molecule has 0 bridgehead atoms. The molecule has 0 aliphatic heterocycles. The summed E-state index contributed by atoms with van der Waals surface area (Å²) < 4.78 is 0. The number of aromatic nitrogens is 2. The van der Waals surface area contributed by atoms with Crippen LogP contribution in [-0.2, 0) is 0 Å². The number of carbonyl (C=O) groups excluding carboxylic acids is 1. The first kappa shape index (κ1) is 8.50. The number of nitrogens with one attached hydrogen (secondary N) is 2. The van der Waals surface area contributed by atoms with Crippen molar-refractivity contribution in [2.45, 2.75) is 0 Å². The van der Waals surface area contributed by atoms with E-state index in [1.807, 2.05) is 30.3 Å². The summed E-state index contributed by atoms with van der Waals surface area (Å²) in [6, 6.07) is 9.29. The fourth-order valence-corrected chi connectivity index (χ4v) is 1.10. The molecule has 1 aromatic heterocycles. The second-order valence-corrected chi connectivity index (χ2v) is 2.81. The molecular formula is C10H9N3O. The van der Waals surface area contributed by atoms with E-state index in [4.69, 9.17) is 0 Å². The largest absolute Gasteiger partial charge is 0.322 e. The molecular weight excluding hydrogens is 178 g/mol. The van der Waals surface area contributed by atoms with Crippen LogP contribution in [0, 0.1) is 0 Å². The van der Waals surface area contributed by atoms with Crippen molar-refractivity contribution in [3.05, 3.63) is 48.3 Å². The van der Waals surface area contributed by atoms with Crippen LogP contribution in [0.25, 0.3) is 0 Å². The maximum Gasteiger partial charge on any atom is 0.258 e. The van der Waals surface area contributed by atoms with E-state index in [1.54, 1.807) is 6.20 Å². The lowest BCUT2D eigenvalue weighted by Crippen LogP contribution is -2.10. The van der Waals surface area contributed by atoms with Crippen LogP contribution in [0.3, 0.4) is 0 Å². The molecule has 0 aliphatic carbocycles. The maximum atomic E-state index is 11.5. The number of para-hydroxylation sites is 1. The summed E-state index contributed by atoms with van der Waals surface area (Å²) in [5, 5.41) is 9.03. The number of benzene rings is 1. The highest BCUT2D eigenvalue weighted by Gasteiger charge is 2.05. The smallest absolute Gasteiger partial charge is 0.258 e. The Morgan fingerprint density at radius 3 is 2.71 bits per heavy atom. The Morgan fingerprint density at radius 2 is 2.07 bits per heavy atom. The molecule has 0 saturated heterocycles. The van der Waals surface area contributed by atoms with Crippen molar-refractivity contribution in [2.24, 2.45) is 0 Å². The lowest BCUT2D eigenvalue weighted by molar-refractivity contribution is 0.102. The van der Waals surface area contributed by atoms with Gasteiger partial charge in [-0.1, -0.05) is 18.2 Å². The van der Waals surface area contributed by atoms with Crippen LogP contribution in [-0.4, -0.2) is 16.1 Å². The van der Waals surface area contributed by atoms with E-state index in [0.717, 1.165) is 5.69 Å². The molecule has 2 N–H and O–H groups in total. The van der Waals surface area contributed by atoms with Crippen molar-refractivity contribution in [1.82, 2.24) is 10.2 Å². The van der Waals surface area contributed by atoms with Crippen LogP contribution >= 0.6 is 0 Å². The summed E-state index contributed by atoms with van der Waals surface area (Å²) in [6.45, 7) is 0. The fourth-order valence-electron chi connectivity index (χ4n) is 1.10. The molecule has 0 fully saturated rings. The highest BCUT2D eigenvalue weighted by Crippen LogP contribution is 2.07. The quantitative estimate of drug-likeness (QED) is 0.751. The molecule has 4 heteroatoms. The topological polar surface area (TPSA) is 57.8 Å².